The van der Waals surface area contributed by atoms with Crippen LogP contribution < -0.4 is 5.73 Å². The number of aromatic nitrogens is 2. The molecule has 0 aromatic carbocycles. The van der Waals surface area contributed by atoms with Crippen LogP contribution in [0.1, 0.15) is 55.0 Å². The van der Waals surface area contributed by atoms with E-state index in [2.05, 4.69) is 9.88 Å². The van der Waals surface area contributed by atoms with Gasteiger partial charge in [0.25, 0.3) is 0 Å². The number of ether oxygens (including phenoxy) is 1. The fraction of sp³-hybridized carbons (Fsp3) is 0.733. The SMILES string of the molecule is CCOC(=O)c1nc(C)n(C2CCN3CCCC3C2)c1N. The van der Waals surface area contributed by atoms with Gasteiger partial charge >= 0.3 is 5.97 Å². The molecule has 3 rings (SSSR count). The van der Waals surface area contributed by atoms with Crippen LogP contribution in [0.2, 0.25) is 0 Å². The third-order valence-corrected chi connectivity index (χ3v) is 4.75. The Morgan fingerprint density at radius 2 is 2.19 bits per heavy atom. The summed E-state index contributed by atoms with van der Waals surface area (Å²) in [5, 5.41) is 0. The zero-order chi connectivity index (χ0) is 15.0. The van der Waals surface area contributed by atoms with E-state index in [9.17, 15) is 4.79 Å². The van der Waals surface area contributed by atoms with E-state index in [1.54, 1.807) is 6.92 Å². The molecule has 1 aromatic heterocycles. The molecule has 2 aliphatic heterocycles. The number of hydrogen-bond acceptors (Lipinski definition) is 5. The minimum absolute atomic E-state index is 0.267. The number of nitrogens with zero attached hydrogens (tertiary/aromatic N) is 3. The first-order chi connectivity index (χ1) is 10.1. The summed E-state index contributed by atoms with van der Waals surface area (Å²) >= 11 is 0. The van der Waals surface area contributed by atoms with E-state index < -0.39 is 5.97 Å². The largest absolute Gasteiger partial charge is 0.461 e. The maximum Gasteiger partial charge on any atom is 0.360 e. The summed E-state index contributed by atoms with van der Waals surface area (Å²) in [6.07, 6.45) is 4.74. The molecule has 2 fully saturated rings. The monoisotopic (exact) mass is 292 g/mol. The molecular formula is C15H24N4O2. The summed E-state index contributed by atoms with van der Waals surface area (Å²) in [6, 6.07) is 1.01. The molecule has 6 nitrogen and oxygen atoms in total. The molecule has 0 aliphatic carbocycles. The summed E-state index contributed by atoms with van der Waals surface area (Å²) in [5.41, 5.74) is 6.46. The van der Waals surface area contributed by atoms with E-state index in [1.807, 2.05) is 11.5 Å². The van der Waals surface area contributed by atoms with Crippen molar-refractivity contribution in [3.8, 4) is 0 Å². The van der Waals surface area contributed by atoms with Crippen LogP contribution in [0.25, 0.3) is 0 Å². The first kappa shape index (κ1) is 14.4. The van der Waals surface area contributed by atoms with E-state index in [1.165, 1.54) is 19.4 Å². The van der Waals surface area contributed by atoms with Gasteiger partial charge in [-0.3, -0.25) is 0 Å². The molecule has 3 heterocycles. The Bertz CT molecular complexity index is 540. The van der Waals surface area contributed by atoms with Gasteiger partial charge in [-0.1, -0.05) is 0 Å². The van der Waals surface area contributed by atoms with Gasteiger partial charge in [0, 0.05) is 18.6 Å². The molecule has 1 aromatic rings. The molecule has 116 valence electrons. The molecule has 2 unspecified atom stereocenters. The van der Waals surface area contributed by atoms with Crippen molar-refractivity contribution in [3.05, 3.63) is 11.5 Å². The standard InChI is InChI=1S/C15H24N4O2/c1-3-21-15(20)13-14(16)19(10(2)17-13)12-6-8-18-7-4-5-11(18)9-12/h11-12H,3-9,16H2,1-2H3. The van der Waals surface area contributed by atoms with Crippen LogP contribution in [0.3, 0.4) is 0 Å². The summed E-state index contributed by atoms with van der Waals surface area (Å²) in [7, 11) is 0. The lowest BCUT2D eigenvalue weighted by atomic mass is 9.97. The fourth-order valence-corrected chi connectivity index (χ4v) is 3.81. The Hall–Kier alpha value is -1.56. The second kappa shape index (κ2) is 5.67. The Labute approximate surface area is 125 Å². The zero-order valence-corrected chi connectivity index (χ0v) is 12.8. The van der Waals surface area contributed by atoms with Crippen LogP contribution in [0.5, 0.6) is 0 Å². The van der Waals surface area contributed by atoms with Gasteiger partial charge in [0.05, 0.1) is 6.61 Å². The minimum Gasteiger partial charge on any atom is -0.461 e. The highest BCUT2D eigenvalue weighted by atomic mass is 16.5. The number of hydrogen-bond donors (Lipinski definition) is 1. The van der Waals surface area contributed by atoms with E-state index in [-0.39, 0.29) is 5.69 Å². The molecule has 2 saturated heterocycles. The van der Waals surface area contributed by atoms with Crippen molar-refractivity contribution in [2.45, 2.75) is 51.6 Å². The average Bonchev–Trinajstić information content (AvgIpc) is 3.03. The zero-order valence-electron chi connectivity index (χ0n) is 12.8. The minimum atomic E-state index is -0.421. The number of carbonyl (C=O) groups is 1. The van der Waals surface area contributed by atoms with Crippen molar-refractivity contribution in [2.75, 3.05) is 25.4 Å². The highest BCUT2D eigenvalue weighted by molar-refractivity contribution is 5.92. The normalized spacial score (nSPS) is 25.8. The quantitative estimate of drug-likeness (QED) is 0.859. The van der Waals surface area contributed by atoms with Crippen molar-refractivity contribution in [3.63, 3.8) is 0 Å². The van der Waals surface area contributed by atoms with E-state index in [0.29, 0.717) is 24.5 Å². The van der Waals surface area contributed by atoms with Crippen LogP contribution in [0, 0.1) is 6.92 Å². The van der Waals surface area contributed by atoms with Crippen LogP contribution in [-0.4, -0.2) is 46.2 Å². The summed E-state index contributed by atoms with van der Waals surface area (Å²) < 4.78 is 7.07. The fourth-order valence-electron chi connectivity index (χ4n) is 3.81. The summed E-state index contributed by atoms with van der Waals surface area (Å²) in [4.78, 5) is 18.8. The lowest BCUT2D eigenvalue weighted by Gasteiger charge is -2.36. The highest BCUT2D eigenvalue weighted by Gasteiger charge is 2.34. The maximum absolute atomic E-state index is 11.9. The summed E-state index contributed by atoms with van der Waals surface area (Å²) in [6.45, 7) is 6.38. The smallest absolute Gasteiger partial charge is 0.360 e. The molecule has 2 atom stereocenters. The predicted octanol–water partition coefficient (Wildman–Crippen LogP) is 1.75. The second-order valence-electron chi connectivity index (χ2n) is 5.99. The van der Waals surface area contributed by atoms with Gasteiger partial charge in [-0.15, -0.1) is 0 Å². The first-order valence-corrected chi connectivity index (χ1v) is 7.87. The Morgan fingerprint density at radius 1 is 1.38 bits per heavy atom. The number of aryl methyl sites for hydroxylation is 1. The van der Waals surface area contributed by atoms with Crippen molar-refractivity contribution in [2.24, 2.45) is 0 Å². The van der Waals surface area contributed by atoms with Gasteiger partial charge < -0.3 is 19.9 Å². The Kier molecular flexibility index (Phi) is 3.89. The van der Waals surface area contributed by atoms with Gasteiger partial charge in [-0.2, -0.15) is 0 Å². The Morgan fingerprint density at radius 3 is 2.95 bits per heavy atom. The molecule has 21 heavy (non-hydrogen) atoms. The number of imidazole rings is 1. The number of carbonyl (C=O) groups excluding carboxylic acids is 1. The van der Waals surface area contributed by atoms with E-state index >= 15 is 0 Å². The third-order valence-electron chi connectivity index (χ3n) is 4.75. The number of fused-ring (bicyclic) bond motifs is 1. The van der Waals surface area contributed by atoms with E-state index in [4.69, 9.17) is 10.5 Å². The second-order valence-corrected chi connectivity index (χ2v) is 5.99. The Balaban J connectivity index is 1.83. The van der Waals surface area contributed by atoms with Gasteiger partial charge in [-0.05, 0) is 46.1 Å². The van der Waals surface area contributed by atoms with Crippen LogP contribution >= 0.6 is 0 Å². The van der Waals surface area contributed by atoms with Gasteiger partial charge in [0.1, 0.15) is 11.6 Å². The molecule has 2 N–H and O–H groups in total. The maximum atomic E-state index is 11.9. The number of piperidine rings is 1. The van der Waals surface area contributed by atoms with E-state index in [0.717, 1.165) is 25.2 Å². The number of nitrogens with two attached hydrogens (primary N) is 1. The number of esters is 1. The number of nitrogen functional groups attached to an aromatic ring is 1. The van der Waals surface area contributed by atoms with Crippen molar-refractivity contribution < 1.29 is 9.53 Å². The van der Waals surface area contributed by atoms with Crippen LogP contribution in [0.4, 0.5) is 5.82 Å². The van der Waals surface area contributed by atoms with Crippen molar-refractivity contribution in [1.29, 1.82) is 0 Å². The van der Waals surface area contributed by atoms with Gasteiger partial charge in [0.15, 0.2) is 5.69 Å². The predicted molar refractivity (Wildman–Crippen MR) is 80.2 cm³/mol. The number of anilines is 1. The lowest BCUT2D eigenvalue weighted by molar-refractivity contribution is 0.0521. The molecule has 6 heteroatoms. The first-order valence-electron chi connectivity index (χ1n) is 7.87. The lowest BCUT2D eigenvalue weighted by Crippen LogP contribution is -2.39. The highest BCUT2D eigenvalue weighted by Crippen LogP contribution is 2.35. The molecule has 2 aliphatic rings. The molecule has 0 radical (unpaired) electrons. The molecule has 0 spiro atoms. The van der Waals surface area contributed by atoms with Gasteiger partial charge in [0.2, 0.25) is 0 Å². The molecular weight excluding hydrogens is 268 g/mol. The molecule has 0 amide bonds. The number of rotatable bonds is 3. The third kappa shape index (κ3) is 2.52. The van der Waals surface area contributed by atoms with Gasteiger partial charge in [-0.25, -0.2) is 9.78 Å². The van der Waals surface area contributed by atoms with Crippen molar-refractivity contribution in [1.82, 2.24) is 14.5 Å². The average molecular weight is 292 g/mol. The molecule has 0 bridgehead atoms. The van der Waals surface area contributed by atoms with Crippen LogP contribution in [-0.2, 0) is 4.74 Å². The summed E-state index contributed by atoms with van der Waals surface area (Å²) in [5.74, 6) is 0.851. The van der Waals surface area contributed by atoms with Crippen molar-refractivity contribution >= 4 is 11.8 Å². The van der Waals surface area contributed by atoms with Crippen LogP contribution in [0.15, 0.2) is 0 Å². The molecule has 0 saturated carbocycles. The topological polar surface area (TPSA) is 73.4 Å².